The second kappa shape index (κ2) is 6.90. The van der Waals surface area contributed by atoms with Crippen LogP contribution in [0.2, 0.25) is 0 Å². The predicted molar refractivity (Wildman–Crippen MR) is 98.5 cm³/mol. The molecule has 1 saturated carbocycles. The Morgan fingerprint density at radius 1 is 1.31 bits per heavy atom. The highest BCUT2D eigenvalue weighted by atomic mass is 16.1. The largest absolute Gasteiger partial charge is 0.350 e. The summed E-state index contributed by atoms with van der Waals surface area (Å²) in [5, 5.41) is 3.10. The van der Waals surface area contributed by atoms with Crippen LogP contribution in [0.5, 0.6) is 0 Å². The molecule has 7 nitrogen and oxygen atoms in total. The number of amides is 1. The number of rotatable bonds is 4. The average molecular weight is 353 g/mol. The molecule has 0 spiro atoms. The fourth-order valence-electron chi connectivity index (χ4n) is 3.55. The van der Waals surface area contributed by atoms with Gasteiger partial charge in [-0.3, -0.25) is 14.6 Å². The molecule has 26 heavy (non-hydrogen) atoms. The Labute approximate surface area is 151 Å². The Hall–Kier alpha value is -2.70. The van der Waals surface area contributed by atoms with Crippen LogP contribution in [0.4, 0.5) is 5.82 Å². The van der Waals surface area contributed by atoms with Crippen LogP contribution >= 0.6 is 0 Å². The van der Waals surface area contributed by atoms with Crippen molar-refractivity contribution in [2.75, 3.05) is 18.0 Å². The standard InChI is InChI=1S/C19H23N5O2/c1-12-15(6-7-16(22-12)13-4-5-13)18(25)23-14-3-2-10-24(11-14)17-19(26)21-9-8-20-17/h6-9,13-14H,2-5,10-11H2,1H3,(H,21,26)(H,23,25). The molecule has 2 fully saturated rings. The number of piperidine rings is 1. The van der Waals surface area contributed by atoms with Crippen molar-refractivity contribution >= 4 is 11.7 Å². The molecule has 2 aromatic heterocycles. The maximum atomic E-state index is 12.7. The Balaban J connectivity index is 1.44. The van der Waals surface area contributed by atoms with Gasteiger partial charge >= 0.3 is 0 Å². The lowest BCUT2D eigenvalue weighted by Gasteiger charge is -2.33. The third-order valence-electron chi connectivity index (χ3n) is 5.09. The van der Waals surface area contributed by atoms with E-state index in [2.05, 4.69) is 20.3 Å². The normalized spacial score (nSPS) is 20.0. The number of carbonyl (C=O) groups excluding carboxylic acids is 1. The highest BCUT2D eigenvalue weighted by Crippen LogP contribution is 2.39. The Kier molecular flexibility index (Phi) is 4.44. The number of anilines is 1. The molecule has 1 atom stereocenters. The van der Waals surface area contributed by atoms with Crippen molar-refractivity contribution in [2.45, 2.75) is 44.6 Å². The number of aromatic amines is 1. The Morgan fingerprint density at radius 3 is 2.88 bits per heavy atom. The van der Waals surface area contributed by atoms with Crippen LogP contribution in [0.15, 0.2) is 29.3 Å². The van der Waals surface area contributed by atoms with Gasteiger partial charge in [0, 0.05) is 43.1 Å². The predicted octanol–water partition coefficient (Wildman–Crippen LogP) is 1.75. The number of pyridine rings is 1. The molecule has 2 N–H and O–H groups in total. The minimum Gasteiger partial charge on any atom is -0.350 e. The molecular formula is C19H23N5O2. The van der Waals surface area contributed by atoms with Crippen LogP contribution in [-0.2, 0) is 0 Å². The summed E-state index contributed by atoms with van der Waals surface area (Å²) in [6.45, 7) is 3.24. The fraction of sp³-hybridized carbons (Fsp3) is 0.474. The van der Waals surface area contributed by atoms with Crippen molar-refractivity contribution in [1.82, 2.24) is 20.3 Å². The lowest BCUT2D eigenvalue weighted by Crippen LogP contribution is -2.49. The second-order valence-electron chi connectivity index (χ2n) is 7.14. The van der Waals surface area contributed by atoms with E-state index in [0.29, 0.717) is 23.8 Å². The molecule has 4 rings (SSSR count). The van der Waals surface area contributed by atoms with Crippen LogP contribution in [0.3, 0.4) is 0 Å². The number of hydrogen-bond donors (Lipinski definition) is 2. The first-order valence-electron chi connectivity index (χ1n) is 9.19. The third-order valence-corrected chi connectivity index (χ3v) is 5.09. The van der Waals surface area contributed by atoms with Gasteiger partial charge in [0.05, 0.1) is 11.3 Å². The molecule has 7 heteroatoms. The van der Waals surface area contributed by atoms with E-state index < -0.39 is 0 Å². The number of carbonyl (C=O) groups is 1. The van der Waals surface area contributed by atoms with E-state index >= 15 is 0 Å². The van der Waals surface area contributed by atoms with E-state index in [4.69, 9.17) is 0 Å². The van der Waals surface area contributed by atoms with Crippen LogP contribution < -0.4 is 15.8 Å². The minimum absolute atomic E-state index is 0.0137. The summed E-state index contributed by atoms with van der Waals surface area (Å²) in [6.07, 6.45) is 7.29. The zero-order chi connectivity index (χ0) is 18.1. The Bertz CT molecular complexity index is 874. The first-order valence-corrected chi connectivity index (χ1v) is 9.19. The van der Waals surface area contributed by atoms with E-state index in [0.717, 1.165) is 30.8 Å². The molecule has 2 aliphatic rings. The first kappa shape index (κ1) is 16.8. The van der Waals surface area contributed by atoms with Gasteiger partial charge in [-0.15, -0.1) is 0 Å². The van der Waals surface area contributed by atoms with Gasteiger partial charge in [0.2, 0.25) is 0 Å². The molecule has 0 bridgehead atoms. The van der Waals surface area contributed by atoms with E-state index in [-0.39, 0.29) is 17.5 Å². The van der Waals surface area contributed by atoms with Crippen LogP contribution in [0, 0.1) is 6.92 Å². The molecule has 3 heterocycles. The summed E-state index contributed by atoms with van der Waals surface area (Å²) in [5.74, 6) is 0.895. The maximum Gasteiger partial charge on any atom is 0.290 e. The number of aryl methyl sites for hydroxylation is 1. The molecule has 1 aliphatic carbocycles. The summed E-state index contributed by atoms with van der Waals surface area (Å²) in [5.41, 5.74) is 2.30. The van der Waals surface area contributed by atoms with Gasteiger partial charge in [-0.1, -0.05) is 0 Å². The molecule has 1 amide bonds. The first-order chi connectivity index (χ1) is 12.6. The van der Waals surface area contributed by atoms with Gasteiger partial charge in [-0.05, 0) is 44.7 Å². The zero-order valence-electron chi connectivity index (χ0n) is 14.9. The van der Waals surface area contributed by atoms with E-state index in [1.807, 2.05) is 24.0 Å². The molecule has 0 aromatic carbocycles. The lowest BCUT2D eigenvalue weighted by molar-refractivity contribution is 0.0932. The van der Waals surface area contributed by atoms with Gasteiger partial charge in [0.25, 0.3) is 11.5 Å². The van der Waals surface area contributed by atoms with E-state index in [1.54, 1.807) is 6.20 Å². The summed E-state index contributed by atoms with van der Waals surface area (Å²) in [7, 11) is 0. The number of H-pyrrole nitrogens is 1. The number of hydrogen-bond acceptors (Lipinski definition) is 5. The summed E-state index contributed by atoms with van der Waals surface area (Å²) < 4.78 is 0. The molecule has 1 unspecified atom stereocenters. The molecule has 136 valence electrons. The van der Waals surface area contributed by atoms with Crippen molar-refractivity contribution in [3.05, 3.63) is 51.8 Å². The molecular weight excluding hydrogens is 330 g/mol. The van der Waals surface area contributed by atoms with Crippen molar-refractivity contribution in [1.29, 1.82) is 0 Å². The van der Waals surface area contributed by atoms with Crippen molar-refractivity contribution in [3.8, 4) is 0 Å². The van der Waals surface area contributed by atoms with Crippen molar-refractivity contribution < 1.29 is 4.79 Å². The van der Waals surface area contributed by atoms with Crippen molar-refractivity contribution in [3.63, 3.8) is 0 Å². The second-order valence-corrected chi connectivity index (χ2v) is 7.14. The number of nitrogens with one attached hydrogen (secondary N) is 2. The summed E-state index contributed by atoms with van der Waals surface area (Å²) in [4.78, 5) is 38.0. The molecule has 1 aliphatic heterocycles. The van der Waals surface area contributed by atoms with Gasteiger partial charge in [-0.2, -0.15) is 0 Å². The van der Waals surface area contributed by atoms with Gasteiger partial charge < -0.3 is 15.2 Å². The Morgan fingerprint density at radius 2 is 2.15 bits per heavy atom. The van der Waals surface area contributed by atoms with Crippen LogP contribution in [0.1, 0.15) is 53.3 Å². The van der Waals surface area contributed by atoms with Gasteiger partial charge in [0.15, 0.2) is 5.82 Å². The maximum absolute atomic E-state index is 12.7. The van der Waals surface area contributed by atoms with Crippen molar-refractivity contribution in [2.24, 2.45) is 0 Å². The highest BCUT2D eigenvalue weighted by molar-refractivity contribution is 5.95. The van der Waals surface area contributed by atoms with Crippen LogP contribution in [-0.4, -0.2) is 40.0 Å². The lowest BCUT2D eigenvalue weighted by atomic mass is 10.0. The topological polar surface area (TPSA) is 91.0 Å². The van der Waals surface area contributed by atoms with E-state index in [9.17, 15) is 9.59 Å². The smallest absolute Gasteiger partial charge is 0.290 e. The summed E-state index contributed by atoms with van der Waals surface area (Å²) >= 11 is 0. The van der Waals surface area contributed by atoms with Gasteiger partial charge in [0.1, 0.15) is 0 Å². The average Bonchev–Trinajstić information content (AvgIpc) is 3.47. The third kappa shape index (κ3) is 3.47. The minimum atomic E-state index is -0.199. The van der Waals surface area contributed by atoms with Crippen LogP contribution in [0.25, 0.3) is 0 Å². The molecule has 1 saturated heterocycles. The number of aromatic nitrogens is 3. The quantitative estimate of drug-likeness (QED) is 0.874. The zero-order valence-corrected chi connectivity index (χ0v) is 14.9. The molecule has 0 radical (unpaired) electrons. The fourth-order valence-corrected chi connectivity index (χ4v) is 3.55. The summed E-state index contributed by atoms with van der Waals surface area (Å²) in [6, 6.07) is 3.84. The monoisotopic (exact) mass is 353 g/mol. The molecule has 2 aromatic rings. The van der Waals surface area contributed by atoms with Gasteiger partial charge in [-0.25, -0.2) is 4.98 Å². The highest BCUT2D eigenvalue weighted by Gasteiger charge is 2.27. The number of nitrogens with zero attached hydrogens (tertiary/aromatic N) is 3. The van der Waals surface area contributed by atoms with E-state index in [1.165, 1.54) is 19.0 Å². The SMILES string of the molecule is Cc1nc(C2CC2)ccc1C(=O)NC1CCCN(c2ncc[nH]c2=O)C1.